The summed E-state index contributed by atoms with van der Waals surface area (Å²) in [7, 11) is 0. The fourth-order valence-electron chi connectivity index (χ4n) is 2.40. The summed E-state index contributed by atoms with van der Waals surface area (Å²) in [6, 6.07) is 12.0. The molecular weight excluding hydrogens is 318 g/mol. The number of nitrogens with zero attached hydrogens (tertiary/aromatic N) is 2. The molecule has 4 nitrogen and oxygen atoms in total. The lowest BCUT2D eigenvalue weighted by molar-refractivity contribution is -0.121. The smallest absolute Gasteiger partial charge is 0.220 e. The maximum atomic E-state index is 12.0. The normalized spacial score (nSPS) is 10.5. The Hall–Kier alpha value is -2.53. The van der Waals surface area contributed by atoms with Crippen molar-refractivity contribution in [3.8, 4) is 10.6 Å². The van der Waals surface area contributed by atoms with Crippen LogP contribution in [0.4, 0.5) is 0 Å². The van der Waals surface area contributed by atoms with Crippen LogP contribution in [0.15, 0.2) is 54.2 Å². The standard InChI is InChI=1S/C19H19N3OS/c1-14-3-2-4-15(11-14)12-21-18(23)6-5-17-13-24-19(22-17)16-7-9-20-10-8-16/h2-4,7-11,13H,5-6,12H2,1H3,(H,21,23). The second kappa shape index (κ2) is 7.84. The van der Waals surface area contributed by atoms with Crippen LogP contribution in [0.1, 0.15) is 23.2 Å². The average Bonchev–Trinajstić information content (AvgIpc) is 3.08. The minimum atomic E-state index is 0.0509. The Kier molecular flexibility index (Phi) is 5.33. The highest BCUT2D eigenvalue weighted by Gasteiger charge is 2.07. The number of carbonyl (C=O) groups is 1. The monoisotopic (exact) mass is 337 g/mol. The first kappa shape index (κ1) is 16.3. The molecule has 24 heavy (non-hydrogen) atoms. The number of hydrogen-bond acceptors (Lipinski definition) is 4. The molecule has 0 saturated carbocycles. The molecule has 3 rings (SSSR count). The Morgan fingerprint density at radius 1 is 1.21 bits per heavy atom. The van der Waals surface area contributed by atoms with E-state index >= 15 is 0 Å². The van der Waals surface area contributed by atoms with Gasteiger partial charge in [-0.3, -0.25) is 9.78 Å². The molecule has 0 unspecified atom stereocenters. The van der Waals surface area contributed by atoms with E-state index in [0.29, 0.717) is 19.4 Å². The Balaban J connectivity index is 1.49. The quantitative estimate of drug-likeness (QED) is 0.745. The third-order valence-electron chi connectivity index (χ3n) is 3.66. The molecule has 1 amide bonds. The van der Waals surface area contributed by atoms with Crippen molar-refractivity contribution in [1.82, 2.24) is 15.3 Å². The van der Waals surface area contributed by atoms with E-state index in [4.69, 9.17) is 0 Å². The van der Waals surface area contributed by atoms with Gasteiger partial charge in [-0.15, -0.1) is 11.3 Å². The van der Waals surface area contributed by atoms with E-state index < -0.39 is 0 Å². The number of pyridine rings is 1. The summed E-state index contributed by atoms with van der Waals surface area (Å²) in [5.41, 5.74) is 4.34. The molecular formula is C19H19N3OS. The van der Waals surface area contributed by atoms with E-state index in [-0.39, 0.29) is 5.91 Å². The van der Waals surface area contributed by atoms with Crippen LogP contribution in [0.5, 0.6) is 0 Å². The van der Waals surface area contributed by atoms with E-state index in [9.17, 15) is 4.79 Å². The van der Waals surface area contributed by atoms with Crippen LogP contribution in [0, 0.1) is 6.92 Å². The summed E-state index contributed by atoms with van der Waals surface area (Å²) < 4.78 is 0. The zero-order chi connectivity index (χ0) is 16.8. The van der Waals surface area contributed by atoms with Crippen molar-refractivity contribution in [3.63, 3.8) is 0 Å². The Morgan fingerprint density at radius 2 is 2.04 bits per heavy atom. The minimum Gasteiger partial charge on any atom is -0.352 e. The fourth-order valence-corrected chi connectivity index (χ4v) is 3.26. The van der Waals surface area contributed by atoms with Crippen LogP contribution in [0.2, 0.25) is 0 Å². The largest absolute Gasteiger partial charge is 0.352 e. The molecule has 122 valence electrons. The zero-order valence-electron chi connectivity index (χ0n) is 13.5. The van der Waals surface area contributed by atoms with E-state index in [0.717, 1.165) is 21.8 Å². The summed E-state index contributed by atoms with van der Waals surface area (Å²) in [5, 5.41) is 5.95. The number of benzene rings is 1. The van der Waals surface area contributed by atoms with Crippen molar-refractivity contribution in [2.24, 2.45) is 0 Å². The van der Waals surface area contributed by atoms with Crippen LogP contribution in [-0.4, -0.2) is 15.9 Å². The van der Waals surface area contributed by atoms with Crippen LogP contribution in [-0.2, 0) is 17.8 Å². The predicted octanol–water partition coefficient (Wildman–Crippen LogP) is 3.76. The topological polar surface area (TPSA) is 54.9 Å². The maximum absolute atomic E-state index is 12.0. The molecule has 2 aromatic heterocycles. The van der Waals surface area contributed by atoms with Gasteiger partial charge in [0.15, 0.2) is 0 Å². The van der Waals surface area contributed by atoms with Gasteiger partial charge < -0.3 is 5.32 Å². The number of aryl methyl sites for hydroxylation is 2. The zero-order valence-corrected chi connectivity index (χ0v) is 14.3. The summed E-state index contributed by atoms with van der Waals surface area (Å²) in [5.74, 6) is 0.0509. The van der Waals surface area contributed by atoms with Crippen LogP contribution in [0.25, 0.3) is 10.6 Å². The molecule has 0 aliphatic rings. The van der Waals surface area contributed by atoms with E-state index in [2.05, 4.69) is 21.4 Å². The summed E-state index contributed by atoms with van der Waals surface area (Å²) in [4.78, 5) is 20.6. The van der Waals surface area contributed by atoms with Crippen molar-refractivity contribution in [2.45, 2.75) is 26.3 Å². The van der Waals surface area contributed by atoms with Gasteiger partial charge in [-0.05, 0) is 31.0 Å². The lowest BCUT2D eigenvalue weighted by Crippen LogP contribution is -2.23. The van der Waals surface area contributed by atoms with Gasteiger partial charge in [0.05, 0.1) is 5.69 Å². The van der Waals surface area contributed by atoms with Crippen molar-refractivity contribution in [1.29, 1.82) is 0 Å². The Labute approximate surface area is 145 Å². The number of aromatic nitrogens is 2. The highest BCUT2D eigenvalue weighted by molar-refractivity contribution is 7.13. The number of nitrogens with one attached hydrogen (secondary N) is 1. The Morgan fingerprint density at radius 3 is 2.83 bits per heavy atom. The van der Waals surface area contributed by atoms with Crippen LogP contribution >= 0.6 is 11.3 Å². The number of carbonyl (C=O) groups excluding carboxylic acids is 1. The van der Waals surface area contributed by atoms with Gasteiger partial charge in [0.1, 0.15) is 5.01 Å². The van der Waals surface area contributed by atoms with Gasteiger partial charge in [-0.2, -0.15) is 0 Å². The van der Waals surface area contributed by atoms with Crippen molar-refractivity contribution >= 4 is 17.2 Å². The van der Waals surface area contributed by atoms with E-state index in [1.54, 1.807) is 23.7 Å². The summed E-state index contributed by atoms with van der Waals surface area (Å²) in [6.07, 6.45) is 4.62. The third-order valence-corrected chi connectivity index (χ3v) is 4.60. The van der Waals surface area contributed by atoms with Crippen molar-refractivity contribution < 1.29 is 4.79 Å². The first-order chi connectivity index (χ1) is 11.7. The highest BCUT2D eigenvalue weighted by Crippen LogP contribution is 2.23. The van der Waals surface area contributed by atoms with Gasteiger partial charge in [0, 0.05) is 36.3 Å². The average molecular weight is 337 g/mol. The Bertz CT molecular complexity index is 814. The number of hydrogen-bond donors (Lipinski definition) is 1. The summed E-state index contributed by atoms with van der Waals surface area (Å²) >= 11 is 1.60. The molecule has 0 atom stereocenters. The molecule has 0 aliphatic heterocycles. The predicted molar refractivity (Wildman–Crippen MR) is 96.7 cm³/mol. The van der Waals surface area contributed by atoms with Crippen molar-refractivity contribution in [3.05, 3.63) is 71.0 Å². The van der Waals surface area contributed by atoms with Gasteiger partial charge in [0.25, 0.3) is 0 Å². The number of rotatable bonds is 6. The molecule has 0 spiro atoms. The SMILES string of the molecule is Cc1cccc(CNC(=O)CCc2csc(-c3ccncc3)n2)c1. The molecule has 5 heteroatoms. The van der Waals surface area contributed by atoms with Gasteiger partial charge >= 0.3 is 0 Å². The fraction of sp³-hybridized carbons (Fsp3) is 0.211. The van der Waals surface area contributed by atoms with Crippen molar-refractivity contribution in [2.75, 3.05) is 0 Å². The lowest BCUT2D eigenvalue weighted by Gasteiger charge is -2.05. The molecule has 1 aromatic carbocycles. The van der Waals surface area contributed by atoms with Gasteiger partial charge in [-0.1, -0.05) is 29.8 Å². The molecule has 1 N–H and O–H groups in total. The third kappa shape index (κ3) is 4.49. The highest BCUT2D eigenvalue weighted by atomic mass is 32.1. The second-order valence-corrected chi connectivity index (χ2v) is 6.50. The van der Waals surface area contributed by atoms with Gasteiger partial charge in [0.2, 0.25) is 5.91 Å². The summed E-state index contributed by atoms with van der Waals surface area (Å²) in [6.45, 7) is 2.62. The number of amides is 1. The second-order valence-electron chi connectivity index (χ2n) is 5.65. The molecule has 3 aromatic rings. The maximum Gasteiger partial charge on any atom is 0.220 e. The number of thiazole rings is 1. The lowest BCUT2D eigenvalue weighted by atomic mass is 10.1. The van der Waals surface area contributed by atoms with Crippen LogP contribution < -0.4 is 5.32 Å². The molecule has 0 saturated heterocycles. The molecule has 0 fully saturated rings. The molecule has 0 aliphatic carbocycles. The van der Waals surface area contributed by atoms with Gasteiger partial charge in [-0.25, -0.2) is 4.98 Å². The minimum absolute atomic E-state index is 0.0509. The first-order valence-electron chi connectivity index (χ1n) is 7.88. The van der Waals surface area contributed by atoms with E-state index in [1.807, 2.05) is 42.6 Å². The molecule has 2 heterocycles. The first-order valence-corrected chi connectivity index (χ1v) is 8.76. The molecule has 0 radical (unpaired) electrons. The van der Waals surface area contributed by atoms with Crippen LogP contribution in [0.3, 0.4) is 0 Å². The molecule has 0 bridgehead atoms. The van der Waals surface area contributed by atoms with E-state index in [1.165, 1.54) is 5.56 Å².